The molecule has 0 aromatic heterocycles. The quantitative estimate of drug-likeness (QED) is 0.559. The van der Waals surface area contributed by atoms with Crippen LogP contribution in [-0.4, -0.2) is 43.0 Å². The van der Waals surface area contributed by atoms with Crippen LogP contribution in [0.3, 0.4) is 0 Å². The van der Waals surface area contributed by atoms with E-state index in [1.165, 1.54) is 0 Å². The molecule has 5 nitrogen and oxygen atoms in total. The number of ether oxygens (including phenoxy) is 1. The second-order valence-electron chi connectivity index (χ2n) is 6.39. The summed E-state index contributed by atoms with van der Waals surface area (Å²) < 4.78 is 5.78. The van der Waals surface area contributed by atoms with Gasteiger partial charge in [0.2, 0.25) is 5.91 Å². The molecule has 0 saturated carbocycles. The molecule has 0 bridgehead atoms. The third kappa shape index (κ3) is 7.38. The van der Waals surface area contributed by atoms with Crippen molar-refractivity contribution in [1.29, 1.82) is 0 Å². The van der Waals surface area contributed by atoms with E-state index in [1.54, 1.807) is 36.0 Å². The van der Waals surface area contributed by atoms with Gasteiger partial charge in [-0.1, -0.05) is 54.1 Å². The fraction of sp³-hybridized carbons (Fsp3) is 0.364. The standard InChI is InChI=1S/C22H27ClN2O3S/c1-3-28-20(16-9-5-4-6-10-16)15-24-22(27)19(13-14-29-2)25-21(26)17-11-7-8-12-18(17)23/h4-12,19-20H,3,13-15H2,1-2H3,(H,24,27)(H,25,26)/t19-,20+/m1/s1. The molecule has 0 fully saturated rings. The summed E-state index contributed by atoms with van der Waals surface area (Å²) in [5.41, 5.74) is 1.35. The van der Waals surface area contributed by atoms with Gasteiger partial charge in [-0.15, -0.1) is 0 Å². The minimum atomic E-state index is -0.649. The van der Waals surface area contributed by atoms with E-state index in [4.69, 9.17) is 16.3 Å². The topological polar surface area (TPSA) is 67.4 Å². The van der Waals surface area contributed by atoms with E-state index in [-0.39, 0.29) is 17.9 Å². The minimum Gasteiger partial charge on any atom is -0.372 e. The number of nitrogens with one attached hydrogen (secondary N) is 2. The van der Waals surface area contributed by atoms with Gasteiger partial charge >= 0.3 is 0 Å². The van der Waals surface area contributed by atoms with E-state index < -0.39 is 6.04 Å². The summed E-state index contributed by atoms with van der Waals surface area (Å²) in [6.45, 7) is 2.78. The average molecular weight is 435 g/mol. The molecule has 0 saturated heterocycles. The van der Waals surface area contributed by atoms with Crippen molar-refractivity contribution in [1.82, 2.24) is 10.6 Å². The maximum atomic E-state index is 12.8. The number of halogens is 1. The first-order valence-corrected chi connectivity index (χ1v) is 11.3. The van der Waals surface area contributed by atoms with Gasteiger partial charge in [-0.2, -0.15) is 11.8 Å². The summed E-state index contributed by atoms with van der Waals surface area (Å²) in [6, 6.07) is 15.9. The highest BCUT2D eigenvalue weighted by atomic mass is 35.5. The Morgan fingerprint density at radius 2 is 1.79 bits per heavy atom. The smallest absolute Gasteiger partial charge is 0.253 e. The summed E-state index contributed by atoms with van der Waals surface area (Å²) >= 11 is 7.73. The van der Waals surface area contributed by atoms with Gasteiger partial charge in [0.1, 0.15) is 6.04 Å². The normalized spacial score (nSPS) is 12.8. The third-order valence-corrected chi connectivity index (χ3v) is 5.33. The average Bonchev–Trinajstić information content (AvgIpc) is 2.74. The highest BCUT2D eigenvalue weighted by Gasteiger charge is 2.23. The maximum Gasteiger partial charge on any atom is 0.253 e. The molecule has 0 heterocycles. The van der Waals surface area contributed by atoms with E-state index in [0.717, 1.165) is 11.3 Å². The fourth-order valence-electron chi connectivity index (χ4n) is 2.84. The maximum absolute atomic E-state index is 12.8. The zero-order valence-corrected chi connectivity index (χ0v) is 18.3. The van der Waals surface area contributed by atoms with Gasteiger partial charge in [-0.25, -0.2) is 0 Å². The molecule has 156 valence electrons. The molecular formula is C22H27ClN2O3S. The van der Waals surface area contributed by atoms with Crippen molar-refractivity contribution in [2.24, 2.45) is 0 Å². The fourth-order valence-corrected chi connectivity index (χ4v) is 3.54. The van der Waals surface area contributed by atoms with Crippen molar-refractivity contribution in [3.63, 3.8) is 0 Å². The number of hydrogen-bond acceptors (Lipinski definition) is 4. The molecule has 2 aromatic rings. The van der Waals surface area contributed by atoms with Gasteiger partial charge < -0.3 is 15.4 Å². The largest absolute Gasteiger partial charge is 0.372 e. The van der Waals surface area contributed by atoms with Crippen LogP contribution in [0.2, 0.25) is 5.02 Å². The van der Waals surface area contributed by atoms with Crippen LogP contribution in [0.4, 0.5) is 0 Å². The Hall–Kier alpha value is -2.02. The molecule has 0 radical (unpaired) electrons. The predicted molar refractivity (Wildman–Crippen MR) is 120 cm³/mol. The molecule has 2 amide bonds. The van der Waals surface area contributed by atoms with E-state index in [2.05, 4.69) is 10.6 Å². The Morgan fingerprint density at radius 1 is 1.10 bits per heavy atom. The van der Waals surface area contributed by atoms with Gasteiger partial charge in [-0.05, 0) is 43.0 Å². The number of carbonyl (C=O) groups is 2. The minimum absolute atomic E-state index is 0.236. The van der Waals surface area contributed by atoms with Crippen molar-refractivity contribution < 1.29 is 14.3 Å². The Morgan fingerprint density at radius 3 is 2.45 bits per heavy atom. The molecular weight excluding hydrogens is 408 g/mol. The number of carbonyl (C=O) groups excluding carboxylic acids is 2. The number of benzene rings is 2. The second-order valence-corrected chi connectivity index (χ2v) is 7.78. The molecule has 0 aliphatic carbocycles. The van der Waals surface area contributed by atoms with Crippen LogP contribution in [0, 0.1) is 0 Å². The van der Waals surface area contributed by atoms with Crippen LogP contribution in [0.5, 0.6) is 0 Å². The first kappa shape index (κ1) is 23.3. The Bertz CT molecular complexity index is 789. The number of thioether (sulfide) groups is 1. The highest BCUT2D eigenvalue weighted by Crippen LogP contribution is 2.17. The lowest BCUT2D eigenvalue weighted by atomic mass is 10.1. The lowest BCUT2D eigenvalue weighted by Gasteiger charge is -2.22. The SMILES string of the molecule is CCO[C@@H](CNC(=O)[C@@H](CCSC)NC(=O)c1ccccc1Cl)c1ccccc1. The summed E-state index contributed by atoms with van der Waals surface area (Å²) in [4.78, 5) is 25.4. The molecule has 0 aliphatic rings. The first-order chi connectivity index (χ1) is 14.1. The lowest BCUT2D eigenvalue weighted by Crippen LogP contribution is -2.48. The number of hydrogen-bond donors (Lipinski definition) is 2. The van der Waals surface area contributed by atoms with Gasteiger partial charge in [-0.3, -0.25) is 9.59 Å². The van der Waals surface area contributed by atoms with Gasteiger partial charge in [0, 0.05) is 13.2 Å². The second kappa shape index (κ2) is 12.5. The van der Waals surface area contributed by atoms with Crippen LogP contribution in [0.15, 0.2) is 54.6 Å². The van der Waals surface area contributed by atoms with E-state index >= 15 is 0 Å². The van der Waals surface area contributed by atoms with Crippen LogP contribution >= 0.6 is 23.4 Å². The van der Waals surface area contributed by atoms with E-state index in [0.29, 0.717) is 30.2 Å². The zero-order valence-electron chi connectivity index (χ0n) is 16.7. The summed E-state index contributed by atoms with van der Waals surface area (Å²) in [5.74, 6) is 0.149. The van der Waals surface area contributed by atoms with Crippen LogP contribution in [0.25, 0.3) is 0 Å². The van der Waals surface area contributed by atoms with Crippen molar-refractivity contribution in [2.75, 3.05) is 25.2 Å². The molecule has 0 spiro atoms. The van der Waals surface area contributed by atoms with Crippen molar-refractivity contribution in [3.05, 3.63) is 70.7 Å². The molecule has 2 atom stereocenters. The molecule has 2 N–H and O–H groups in total. The molecule has 2 rings (SSSR count). The lowest BCUT2D eigenvalue weighted by molar-refractivity contribution is -0.123. The van der Waals surface area contributed by atoms with Gasteiger partial charge in [0.25, 0.3) is 5.91 Å². The van der Waals surface area contributed by atoms with Crippen LogP contribution < -0.4 is 10.6 Å². The summed E-state index contributed by atoms with van der Waals surface area (Å²) in [7, 11) is 0. The van der Waals surface area contributed by atoms with Crippen molar-refractivity contribution >= 4 is 35.2 Å². The summed E-state index contributed by atoms with van der Waals surface area (Å²) in [5, 5.41) is 6.10. The molecule has 29 heavy (non-hydrogen) atoms. The van der Waals surface area contributed by atoms with Gasteiger partial charge in [0.05, 0.1) is 16.7 Å². The van der Waals surface area contributed by atoms with E-state index in [9.17, 15) is 9.59 Å². The van der Waals surface area contributed by atoms with Crippen molar-refractivity contribution in [2.45, 2.75) is 25.5 Å². The van der Waals surface area contributed by atoms with Crippen LogP contribution in [-0.2, 0) is 9.53 Å². The van der Waals surface area contributed by atoms with E-state index in [1.807, 2.05) is 43.5 Å². The number of amides is 2. The predicted octanol–water partition coefficient (Wildman–Crippen LogP) is 4.09. The Labute approximate surface area is 181 Å². The third-order valence-electron chi connectivity index (χ3n) is 4.35. The molecule has 7 heteroatoms. The Balaban J connectivity index is 2.03. The van der Waals surface area contributed by atoms with Crippen molar-refractivity contribution in [3.8, 4) is 0 Å². The number of rotatable bonds is 11. The molecule has 0 aliphatic heterocycles. The summed E-state index contributed by atoms with van der Waals surface area (Å²) in [6.07, 6.45) is 2.24. The molecule has 0 unspecified atom stereocenters. The Kier molecular flexibility index (Phi) is 10.0. The molecule has 2 aromatic carbocycles. The highest BCUT2D eigenvalue weighted by molar-refractivity contribution is 7.98. The van der Waals surface area contributed by atoms with Gasteiger partial charge in [0.15, 0.2) is 0 Å². The zero-order chi connectivity index (χ0) is 21.1. The van der Waals surface area contributed by atoms with Crippen LogP contribution in [0.1, 0.15) is 35.4 Å². The monoisotopic (exact) mass is 434 g/mol. The first-order valence-electron chi connectivity index (χ1n) is 9.55.